The number of aromatic nitrogens is 1. The molecule has 0 saturated carbocycles. The van der Waals surface area contributed by atoms with Crippen molar-refractivity contribution in [1.29, 1.82) is 0 Å². The number of pyridine rings is 1. The number of nitrogens with one attached hydrogen (secondary N) is 2. The van der Waals surface area contributed by atoms with Gasteiger partial charge >= 0.3 is 0 Å². The van der Waals surface area contributed by atoms with E-state index in [2.05, 4.69) is 20.5 Å². The Morgan fingerprint density at radius 2 is 1.97 bits per heavy atom. The number of amides is 2. The van der Waals surface area contributed by atoms with Crippen molar-refractivity contribution in [2.24, 2.45) is 0 Å². The third-order valence-corrected chi connectivity index (χ3v) is 7.18. The maximum Gasteiger partial charge on any atom is 0.251 e. The lowest BCUT2D eigenvalue weighted by Crippen LogP contribution is -2.49. The highest BCUT2D eigenvalue weighted by Crippen LogP contribution is 2.18. The second-order valence-electron chi connectivity index (χ2n) is 7.52. The van der Waals surface area contributed by atoms with Crippen molar-refractivity contribution in [3.63, 3.8) is 0 Å². The summed E-state index contributed by atoms with van der Waals surface area (Å²) in [4.78, 5) is 30.8. The van der Waals surface area contributed by atoms with Gasteiger partial charge < -0.3 is 20.3 Å². The van der Waals surface area contributed by atoms with Crippen LogP contribution in [-0.2, 0) is 26.1 Å². The van der Waals surface area contributed by atoms with Crippen molar-refractivity contribution >= 4 is 27.7 Å². The Morgan fingerprint density at radius 1 is 1.16 bits per heavy atom. The molecule has 11 heteroatoms. The third-order valence-electron chi connectivity index (χ3n) is 5.34. The number of nitrogens with zero attached hydrogens (tertiary/aromatic N) is 3. The van der Waals surface area contributed by atoms with Crippen molar-refractivity contribution < 1.29 is 22.7 Å². The number of benzene rings is 1. The summed E-state index contributed by atoms with van der Waals surface area (Å²) in [6, 6.07) is 9.59. The van der Waals surface area contributed by atoms with Crippen LogP contribution < -0.4 is 15.5 Å². The zero-order chi connectivity index (χ0) is 22.6. The molecule has 170 valence electrons. The average Bonchev–Trinajstić information content (AvgIpc) is 2.83. The summed E-state index contributed by atoms with van der Waals surface area (Å²) >= 11 is 0. The standard InChI is InChI=1S/C21H25N5O5S/c27-20-15-26(7-6-23-20)32(29,30)18-3-1-2-17(13-18)21(28)24-14-16-4-5-22-19(12-16)25-8-10-31-11-9-25/h1-5,12-13H,6-11,14-15H2,(H,23,27)(H,24,28). The average molecular weight is 460 g/mol. The first-order valence-electron chi connectivity index (χ1n) is 10.4. The number of carbonyl (C=O) groups excluding carboxylic acids is 2. The zero-order valence-electron chi connectivity index (χ0n) is 17.5. The predicted octanol–water partition coefficient (Wildman–Crippen LogP) is -0.0313. The first-order valence-corrected chi connectivity index (χ1v) is 11.8. The van der Waals surface area contributed by atoms with Gasteiger partial charge in [0, 0.05) is 44.5 Å². The van der Waals surface area contributed by atoms with E-state index in [9.17, 15) is 18.0 Å². The molecule has 0 unspecified atom stereocenters. The lowest BCUT2D eigenvalue weighted by molar-refractivity contribution is -0.122. The number of carbonyl (C=O) groups is 2. The molecule has 0 aliphatic carbocycles. The van der Waals surface area contributed by atoms with Crippen LogP contribution in [-0.4, -0.2) is 75.5 Å². The van der Waals surface area contributed by atoms with Gasteiger partial charge in [0.15, 0.2) is 0 Å². The molecule has 0 bridgehead atoms. The Labute approximate surface area is 186 Å². The van der Waals surface area contributed by atoms with E-state index in [1.165, 1.54) is 18.2 Å². The Kier molecular flexibility index (Phi) is 6.68. The van der Waals surface area contributed by atoms with Gasteiger partial charge in [-0.25, -0.2) is 13.4 Å². The Morgan fingerprint density at radius 3 is 2.75 bits per heavy atom. The second kappa shape index (κ2) is 9.63. The molecule has 1 aromatic carbocycles. The van der Waals surface area contributed by atoms with Crippen molar-refractivity contribution in [1.82, 2.24) is 19.9 Å². The van der Waals surface area contributed by atoms with Crippen LogP contribution in [0.1, 0.15) is 15.9 Å². The second-order valence-corrected chi connectivity index (χ2v) is 9.46. The molecule has 2 aliphatic rings. The molecule has 2 amide bonds. The quantitative estimate of drug-likeness (QED) is 0.622. The summed E-state index contributed by atoms with van der Waals surface area (Å²) in [5.41, 5.74) is 1.12. The molecule has 2 fully saturated rings. The molecule has 2 saturated heterocycles. The number of morpholine rings is 1. The van der Waals surface area contributed by atoms with Gasteiger partial charge in [0.1, 0.15) is 5.82 Å². The Hall–Kier alpha value is -3.02. The van der Waals surface area contributed by atoms with E-state index in [0.29, 0.717) is 13.2 Å². The summed E-state index contributed by atoms with van der Waals surface area (Å²) < 4.78 is 32.2. The highest BCUT2D eigenvalue weighted by atomic mass is 32.2. The molecular formula is C21H25N5O5S. The number of anilines is 1. The van der Waals surface area contributed by atoms with Gasteiger partial charge in [-0.3, -0.25) is 9.59 Å². The summed E-state index contributed by atoms with van der Waals surface area (Å²) in [6.45, 7) is 3.35. The van der Waals surface area contributed by atoms with Gasteiger partial charge in [0.05, 0.1) is 24.7 Å². The number of ether oxygens (including phenoxy) is 1. The van der Waals surface area contributed by atoms with E-state index in [1.807, 2.05) is 12.1 Å². The van der Waals surface area contributed by atoms with Crippen LogP contribution in [0.25, 0.3) is 0 Å². The first-order chi connectivity index (χ1) is 15.4. The Balaban J connectivity index is 1.43. The van der Waals surface area contributed by atoms with Crippen LogP contribution in [0, 0.1) is 0 Å². The van der Waals surface area contributed by atoms with Crippen LogP contribution in [0.4, 0.5) is 5.82 Å². The summed E-state index contributed by atoms with van der Waals surface area (Å²) in [5, 5.41) is 5.43. The number of sulfonamides is 1. The van der Waals surface area contributed by atoms with Crippen LogP contribution >= 0.6 is 0 Å². The summed E-state index contributed by atoms with van der Waals surface area (Å²) in [6.07, 6.45) is 1.70. The van der Waals surface area contributed by atoms with Crippen LogP contribution in [0.2, 0.25) is 0 Å². The van der Waals surface area contributed by atoms with Gasteiger partial charge in [-0.15, -0.1) is 0 Å². The number of piperazine rings is 1. The molecule has 2 N–H and O–H groups in total. The van der Waals surface area contributed by atoms with E-state index in [4.69, 9.17) is 4.74 Å². The van der Waals surface area contributed by atoms with Gasteiger partial charge in [-0.2, -0.15) is 4.31 Å². The molecule has 3 heterocycles. The molecule has 2 aliphatic heterocycles. The monoisotopic (exact) mass is 459 g/mol. The Bertz CT molecular complexity index is 1100. The molecule has 10 nitrogen and oxygen atoms in total. The van der Waals surface area contributed by atoms with Gasteiger partial charge in [-0.1, -0.05) is 6.07 Å². The molecule has 0 atom stereocenters. The molecule has 0 radical (unpaired) electrons. The highest BCUT2D eigenvalue weighted by molar-refractivity contribution is 7.89. The first kappa shape index (κ1) is 22.2. The lowest BCUT2D eigenvalue weighted by Gasteiger charge is -2.28. The highest BCUT2D eigenvalue weighted by Gasteiger charge is 2.29. The van der Waals surface area contributed by atoms with Gasteiger partial charge in [0.25, 0.3) is 5.91 Å². The van der Waals surface area contributed by atoms with E-state index < -0.39 is 10.0 Å². The van der Waals surface area contributed by atoms with Crippen LogP contribution in [0.15, 0.2) is 47.5 Å². The summed E-state index contributed by atoms with van der Waals surface area (Å²) in [5.74, 6) is 0.101. The number of hydrogen-bond acceptors (Lipinski definition) is 7. The normalized spacial score (nSPS) is 17.6. The minimum Gasteiger partial charge on any atom is -0.378 e. The van der Waals surface area contributed by atoms with E-state index >= 15 is 0 Å². The minimum atomic E-state index is -3.87. The largest absolute Gasteiger partial charge is 0.378 e. The van der Waals surface area contributed by atoms with Crippen molar-refractivity contribution in [3.8, 4) is 0 Å². The molecule has 1 aromatic heterocycles. The molecule has 0 spiro atoms. The predicted molar refractivity (Wildman–Crippen MR) is 117 cm³/mol. The van der Waals surface area contributed by atoms with Crippen LogP contribution in [0.3, 0.4) is 0 Å². The fraction of sp³-hybridized carbons (Fsp3) is 0.381. The molecular weight excluding hydrogens is 434 g/mol. The van der Waals surface area contributed by atoms with Gasteiger partial charge in [-0.05, 0) is 35.9 Å². The number of hydrogen-bond donors (Lipinski definition) is 2. The topological polar surface area (TPSA) is 121 Å². The zero-order valence-corrected chi connectivity index (χ0v) is 18.3. The fourth-order valence-corrected chi connectivity index (χ4v) is 5.03. The molecule has 32 heavy (non-hydrogen) atoms. The minimum absolute atomic E-state index is 0.0154. The van der Waals surface area contributed by atoms with Crippen molar-refractivity contribution in [2.45, 2.75) is 11.4 Å². The maximum absolute atomic E-state index is 12.9. The van der Waals surface area contributed by atoms with E-state index in [0.717, 1.165) is 28.8 Å². The summed E-state index contributed by atoms with van der Waals surface area (Å²) in [7, 11) is -3.87. The SMILES string of the molecule is O=C1CN(S(=O)(=O)c2cccc(C(=O)NCc3ccnc(N4CCOCC4)c3)c2)CCN1. The molecule has 2 aromatic rings. The van der Waals surface area contributed by atoms with Crippen LogP contribution in [0.5, 0.6) is 0 Å². The number of rotatable bonds is 6. The maximum atomic E-state index is 12.9. The third kappa shape index (κ3) is 5.06. The van der Waals surface area contributed by atoms with Gasteiger partial charge in [0.2, 0.25) is 15.9 Å². The lowest BCUT2D eigenvalue weighted by atomic mass is 10.2. The van der Waals surface area contributed by atoms with E-state index in [-0.39, 0.29) is 48.5 Å². The fourth-order valence-electron chi connectivity index (χ4n) is 3.59. The van der Waals surface area contributed by atoms with E-state index in [1.54, 1.807) is 12.3 Å². The van der Waals surface area contributed by atoms with Crippen molar-refractivity contribution in [3.05, 3.63) is 53.7 Å². The molecule has 4 rings (SSSR count). The smallest absolute Gasteiger partial charge is 0.251 e. The van der Waals surface area contributed by atoms with Crippen molar-refractivity contribution in [2.75, 3.05) is 50.8 Å².